The van der Waals surface area contributed by atoms with Crippen LogP contribution >= 0.6 is 0 Å². The Kier molecular flexibility index (Phi) is 11.1. The summed E-state index contributed by atoms with van der Waals surface area (Å²) in [5, 5.41) is 0. The van der Waals surface area contributed by atoms with Crippen LogP contribution in [0.25, 0.3) is 0 Å². The highest BCUT2D eigenvalue weighted by atomic mass is 14.3. The average molecular weight is 449 g/mol. The molecule has 0 fully saturated rings. The second kappa shape index (κ2) is 12.6. The van der Waals surface area contributed by atoms with Gasteiger partial charge in [0.1, 0.15) is 0 Å². The summed E-state index contributed by atoms with van der Waals surface area (Å²) in [6.45, 7) is 27.1. The van der Waals surface area contributed by atoms with Crippen molar-refractivity contribution in [2.24, 2.45) is 0 Å². The molecule has 0 spiro atoms. The van der Waals surface area contributed by atoms with Crippen molar-refractivity contribution in [3.05, 3.63) is 81.4 Å². The van der Waals surface area contributed by atoms with Gasteiger partial charge in [-0.05, 0) is 82.9 Å². The van der Waals surface area contributed by atoms with E-state index in [1.54, 1.807) is 0 Å². The van der Waals surface area contributed by atoms with E-state index in [0.717, 1.165) is 6.42 Å². The molecular formula is C33H52. The predicted octanol–water partition coefficient (Wildman–Crippen LogP) is 10.2. The zero-order chi connectivity index (χ0) is 25.4. The normalized spacial score (nSPS) is 13.1. The molecule has 2 rings (SSSR count). The standard InChI is InChI=1S/C31H46.C2H6/c1-11-13-15-24-17-26(20-28(18-24)30(5,6)7)22(3)27-19-25(16-14-12-2)23(4)29(21-27)31(8,9)10;1-2/h12,14,17-22H,11,13,15-16H2,1-10H3;1-2H3/b14-12+;. The predicted molar refractivity (Wildman–Crippen MR) is 151 cm³/mol. The minimum atomic E-state index is 0.143. The van der Waals surface area contributed by atoms with Crippen molar-refractivity contribution in [2.75, 3.05) is 0 Å². The summed E-state index contributed by atoms with van der Waals surface area (Å²) >= 11 is 0. The fourth-order valence-electron chi connectivity index (χ4n) is 4.40. The van der Waals surface area contributed by atoms with Gasteiger partial charge in [-0.3, -0.25) is 0 Å². The molecule has 0 aliphatic rings. The lowest BCUT2D eigenvalue weighted by molar-refractivity contribution is 0.583. The average Bonchev–Trinajstić information content (AvgIpc) is 2.76. The number of hydrogen-bond acceptors (Lipinski definition) is 0. The van der Waals surface area contributed by atoms with Gasteiger partial charge in [0, 0.05) is 5.92 Å². The number of aryl methyl sites for hydroxylation is 1. The Morgan fingerprint density at radius 2 is 1.45 bits per heavy atom. The van der Waals surface area contributed by atoms with E-state index in [4.69, 9.17) is 0 Å². The van der Waals surface area contributed by atoms with Crippen LogP contribution in [-0.4, -0.2) is 0 Å². The fraction of sp³-hybridized carbons (Fsp3) is 0.576. The summed E-state index contributed by atoms with van der Waals surface area (Å²) in [6, 6.07) is 12.3. The summed E-state index contributed by atoms with van der Waals surface area (Å²) in [5.74, 6) is 0.383. The number of allylic oxidation sites excluding steroid dienone is 2. The van der Waals surface area contributed by atoms with Gasteiger partial charge in [-0.2, -0.15) is 0 Å². The lowest BCUT2D eigenvalue weighted by Gasteiger charge is -2.27. The number of unbranched alkanes of at least 4 members (excludes halogenated alkanes) is 1. The molecule has 0 saturated heterocycles. The first kappa shape index (κ1) is 29.2. The summed E-state index contributed by atoms with van der Waals surface area (Å²) in [4.78, 5) is 0. The van der Waals surface area contributed by atoms with Crippen LogP contribution in [0.4, 0.5) is 0 Å². The maximum Gasteiger partial charge on any atom is 0.00614 e. The van der Waals surface area contributed by atoms with Gasteiger partial charge in [-0.15, -0.1) is 0 Å². The molecule has 0 heterocycles. The molecule has 0 aromatic heterocycles. The second-order valence-corrected chi connectivity index (χ2v) is 11.4. The first-order valence-electron chi connectivity index (χ1n) is 13.3. The SMILES string of the molecule is C/C=C/Cc1cc(C(C)c2cc(CCCC)cc(C(C)(C)C)c2)cc(C(C)(C)C)c1C.CC. The first-order valence-corrected chi connectivity index (χ1v) is 13.3. The molecule has 0 aliphatic carbocycles. The van der Waals surface area contributed by atoms with Gasteiger partial charge in [0.25, 0.3) is 0 Å². The highest BCUT2D eigenvalue weighted by Crippen LogP contribution is 2.36. The lowest BCUT2D eigenvalue weighted by Crippen LogP contribution is -2.16. The molecule has 1 atom stereocenters. The van der Waals surface area contributed by atoms with Crippen LogP contribution < -0.4 is 0 Å². The molecule has 33 heavy (non-hydrogen) atoms. The molecule has 0 nitrogen and oxygen atoms in total. The van der Waals surface area contributed by atoms with Crippen molar-refractivity contribution in [3.63, 3.8) is 0 Å². The molecule has 0 radical (unpaired) electrons. The summed E-state index contributed by atoms with van der Waals surface area (Å²) in [5.41, 5.74) is 10.6. The Hall–Kier alpha value is -1.82. The zero-order valence-corrected chi connectivity index (χ0v) is 23.9. The molecule has 1 unspecified atom stereocenters. The molecule has 0 N–H and O–H groups in total. The van der Waals surface area contributed by atoms with Gasteiger partial charge >= 0.3 is 0 Å². The topological polar surface area (TPSA) is 0 Å². The van der Waals surface area contributed by atoms with Crippen LogP contribution in [0.5, 0.6) is 0 Å². The number of benzene rings is 2. The molecule has 0 saturated carbocycles. The molecular weight excluding hydrogens is 396 g/mol. The van der Waals surface area contributed by atoms with Crippen LogP contribution in [0.3, 0.4) is 0 Å². The molecule has 0 heteroatoms. The third-order valence-corrected chi connectivity index (χ3v) is 6.62. The summed E-state index contributed by atoms with van der Waals surface area (Å²) in [6.07, 6.45) is 9.13. The van der Waals surface area contributed by atoms with Crippen molar-refractivity contribution in [3.8, 4) is 0 Å². The van der Waals surface area contributed by atoms with E-state index < -0.39 is 0 Å². The summed E-state index contributed by atoms with van der Waals surface area (Å²) in [7, 11) is 0. The molecule has 0 aliphatic heterocycles. The second-order valence-electron chi connectivity index (χ2n) is 11.4. The van der Waals surface area contributed by atoms with E-state index in [9.17, 15) is 0 Å². The minimum Gasteiger partial charge on any atom is -0.0913 e. The highest BCUT2D eigenvalue weighted by Gasteiger charge is 2.22. The number of hydrogen-bond donors (Lipinski definition) is 0. The van der Waals surface area contributed by atoms with Crippen molar-refractivity contribution >= 4 is 0 Å². The third kappa shape index (κ3) is 8.16. The number of rotatable bonds is 7. The van der Waals surface area contributed by atoms with Crippen LogP contribution in [0.1, 0.15) is 134 Å². The van der Waals surface area contributed by atoms with Crippen molar-refractivity contribution in [2.45, 2.75) is 126 Å². The molecule has 2 aromatic rings. The van der Waals surface area contributed by atoms with Gasteiger partial charge in [0.15, 0.2) is 0 Å². The monoisotopic (exact) mass is 448 g/mol. The van der Waals surface area contributed by atoms with Crippen LogP contribution in [-0.2, 0) is 23.7 Å². The maximum absolute atomic E-state index is 2.48. The molecule has 0 amide bonds. The van der Waals surface area contributed by atoms with Gasteiger partial charge in [-0.1, -0.05) is 118 Å². The largest absolute Gasteiger partial charge is 0.0913 e. The van der Waals surface area contributed by atoms with Crippen LogP contribution in [0.15, 0.2) is 42.5 Å². The summed E-state index contributed by atoms with van der Waals surface area (Å²) < 4.78 is 0. The maximum atomic E-state index is 2.48. The third-order valence-electron chi connectivity index (χ3n) is 6.62. The molecule has 184 valence electrons. The van der Waals surface area contributed by atoms with E-state index in [-0.39, 0.29) is 10.8 Å². The van der Waals surface area contributed by atoms with Gasteiger partial charge in [0.2, 0.25) is 0 Å². The van der Waals surface area contributed by atoms with Crippen LogP contribution in [0.2, 0.25) is 0 Å². The van der Waals surface area contributed by atoms with Crippen LogP contribution in [0, 0.1) is 6.92 Å². The van der Waals surface area contributed by atoms with E-state index >= 15 is 0 Å². The van der Waals surface area contributed by atoms with Crippen molar-refractivity contribution in [1.29, 1.82) is 0 Å². The van der Waals surface area contributed by atoms with Gasteiger partial charge in [-0.25, -0.2) is 0 Å². The Morgan fingerprint density at radius 3 is 1.97 bits per heavy atom. The Bertz CT molecular complexity index is 897. The first-order chi connectivity index (χ1) is 15.4. The van der Waals surface area contributed by atoms with Crippen molar-refractivity contribution in [1.82, 2.24) is 0 Å². The Morgan fingerprint density at radius 1 is 0.848 bits per heavy atom. The van der Waals surface area contributed by atoms with E-state index in [1.807, 2.05) is 13.8 Å². The van der Waals surface area contributed by atoms with Crippen molar-refractivity contribution < 1.29 is 0 Å². The van der Waals surface area contributed by atoms with Gasteiger partial charge in [0.05, 0.1) is 0 Å². The van der Waals surface area contributed by atoms with E-state index in [0.29, 0.717) is 5.92 Å². The van der Waals surface area contributed by atoms with E-state index in [2.05, 4.69) is 112 Å². The van der Waals surface area contributed by atoms with E-state index in [1.165, 1.54) is 58.2 Å². The fourth-order valence-corrected chi connectivity index (χ4v) is 4.40. The zero-order valence-electron chi connectivity index (χ0n) is 23.9. The lowest BCUT2D eigenvalue weighted by atomic mass is 9.77. The Labute approximate surface area is 206 Å². The molecule has 0 bridgehead atoms. The Balaban J connectivity index is 0.00000265. The quantitative estimate of drug-likeness (QED) is 0.369. The highest BCUT2D eigenvalue weighted by molar-refractivity contribution is 5.47. The smallest absolute Gasteiger partial charge is 0.00614 e. The molecule has 2 aromatic carbocycles. The van der Waals surface area contributed by atoms with Gasteiger partial charge < -0.3 is 0 Å². The minimum absolute atomic E-state index is 0.143.